The summed E-state index contributed by atoms with van der Waals surface area (Å²) in [6.45, 7) is 10.9. The zero-order valence-electron chi connectivity index (χ0n) is 12.3. The normalized spacial score (nSPS) is 20.2. The standard InChI is InChI=1S/C13H25N3O3/c1-10(11(2)17)9-15-5-7-16(8-6-15)14-13(3,4)12(18)19/h10,14H,5-9H2,1-4H3,(H,18,19). The van der Waals surface area contributed by atoms with Crippen LogP contribution in [0.5, 0.6) is 0 Å². The fraction of sp³-hybridized carbons (Fsp3) is 0.846. The summed E-state index contributed by atoms with van der Waals surface area (Å²) >= 11 is 0. The fourth-order valence-electron chi connectivity index (χ4n) is 2.00. The van der Waals surface area contributed by atoms with Gasteiger partial charge in [-0.25, -0.2) is 10.4 Å². The van der Waals surface area contributed by atoms with Gasteiger partial charge in [-0.05, 0) is 20.8 Å². The molecule has 0 bridgehead atoms. The maximum absolute atomic E-state index is 11.2. The molecule has 1 aliphatic heterocycles. The molecular weight excluding hydrogens is 246 g/mol. The summed E-state index contributed by atoms with van der Waals surface area (Å²) in [5.41, 5.74) is 2.08. The molecule has 19 heavy (non-hydrogen) atoms. The van der Waals surface area contributed by atoms with Gasteiger partial charge in [0.15, 0.2) is 0 Å². The number of carbonyl (C=O) groups is 2. The van der Waals surface area contributed by atoms with Crippen molar-refractivity contribution >= 4 is 11.8 Å². The minimum Gasteiger partial charge on any atom is -0.480 e. The van der Waals surface area contributed by atoms with Crippen LogP contribution in [0.25, 0.3) is 0 Å². The van der Waals surface area contributed by atoms with Crippen molar-refractivity contribution in [3.05, 3.63) is 0 Å². The predicted octanol–water partition coefficient (Wildman–Crippen LogP) is 0.197. The van der Waals surface area contributed by atoms with E-state index < -0.39 is 11.5 Å². The Bertz CT molecular complexity index is 336. The fourth-order valence-corrected chi connectivity index (χ4v) is 2.00. The quantitative estimate of drug-likeness (QED) is 0.719. The molecule has 110 valence electrons. The number of carboxylic acids is 1. The average Bonchev–Trinajstić information content (AvgIpc) is 2.30. The molecule has 1 rings (SSSR count). The zero-order valence-corrected chi connectivity index (χ0v) is 12.3. The van der Waals surface area contributed by atoms with Crippen LogP contribution in [0.4, 0.5) is 0 Å². The van der Waals surface area contributed by atoms with Crippen LogP contribution >= 0.6 is 0 Å². The van der Waals surface area contributed by atoms with Gasteiger partial charge < -0.3 is 5.11 Å². The third kappa shape index (κ3) is 4.89. The number of nitrogens with zero attached hydrogens (tertiary/aromatic N) is 2. The van der Waals surface area contributed by atoms with E-state index in [1.807, 2.05) is 11.9 Å². The summed E-state index contributed by atoms with van der Waals surface area (Å²) in [5, 5.41) is 11.0. The Labute approximate surface area is 114 Å². The Morgan fingerprint density at radius 2 is 1.79 bits per heavy atom. The maximum Gasteiger partial charge on any atom is 0.324 e. The van der Waals surface area contributed by atoms with Gasteiger partial charge in [-0.2, -0.15) is 0 Å². The second kappa shape index (κ2) is 6.45. The van der Waals surface area contributed by atoms with E-state index in [4.69, 9.17) is 5.11 Å². The highest BCUT2D eigenvalue weighted by atomic mass is 16.4. The number of ketones is 1. The van der Waals surface area contributed by atoms with Crippen molar-refractivity contribution in [3.63, 3.8) is 0 Å². The van der Waals surface area contributed by atoms with Crippen LogP contribution < -0.4 is 5.43 Å². The van der Waals surface area contributed by atoms with Crippen LogP contribution in [0.2, 0.25) is 0 Å². The minimum absolute atomic E-state index is 0.0648. The van der Waals surface area contributed by atoms with E-state index in [0.717, 1.165) is 32.7 Å². The van der Waals surface area contributed by atoms with Crippen molar-refractivity contribution in [1.82, 2.24) is 15.3 Å². The maximum atomic E-state index is 11.2. The minimum atomic E-state index is -0.950. The van der Waals surface area contributed by atoms with Crippen molar-refractivity contribution in [2.45, 2.75) is 33.2 Å². The lowest BCUT2D eigenvalue weighted by atomic mass is 10.1. The number of Topliss-reactive ketones (excluding diaryl/α,β-unsaturated/α-hetero) is 1. The van der Waals surface area contributed by atoms with Gasteiger partial charge in [-0.1, -0.05) is 6.92 Å². The molecule has 0 aromatic heterocycles. The lowest BCUT2D eigenvalue weighted by Crippen LogP contribution is -2.60. The van der Waals surface area contributed by atoms with Gasteiger partial charge in [0.05, 0.1) is 0 Å². The highest BCUT2D eigenvalue weighted by Crippen LogP contribution is 2.08. The number of carbonyl (C=O) groups excluding carboxylic acids is 1. The average molecular weight is 271 g/mol. The Morgan fingerprint density at radius 1 is 1.26 bits per heavy atom. The first-order valence-electron chi connectivity index (χ1n) is 6.71. The molecule has 1 atom stereocenters. The van der Waals surface area contributed by atoms with Crippen LogP contribution in [0.3, 0.4) is 0 Å². The van der Waals surface area contributed by atoms with Gasteiger partial charge in [-0.3, -0.25) is 14.5 Å². The summed E-state index contributed by atoms with van der Waals surface area (Å²) in [4.78, 5) is 24.5. The van der Waals surface area contributed by atoms with Gasteiger partial charge in [0, 0.05) is 38.6 Å². The Balaban J connectivity index is 2.37. The topological polar surface area (TPSA) is 72.9 Å². The third-order valence-corrected chi connectivity index (χ3v) is 3.57. The molecule has 0 amide bonds. The monoisotopic (exact) mass is 271 g/mol. The molecule has 1 unspecified atom stereocenters. The first-order valence-corrected chi connectivity index (χ1v) is 6.71. The van der Waals surface area contributed by atoms with Crippen molar-refractivity contribution < 1.29 is 14.7 Å². The van der Waals surface area contributed by atoms with Crippen LogP contribution in [-0.2, 0) is 9.59 Å². The molecule has 0 aromatic carbocycles. The summed E-state index contributed by atoms with van der Waals surface area (Å²) in [7, 11) is 0. The number of hydrogen-bond acceptors (Lipinski definition) is 5. The van der Waals surface area contributed by atoms with Crippen molar-refractivity contribution in [3.8, 4) is 0 Å². The molecule has 6 nitrogen and oxygen atoms in total. The van der Waals surface area contributed by atoms with E-state index in [1.165, 1.54) is 0 Å². The number of aliphatic carboxylic acids is 1. The van der Waals surface area contributed by atoms with Gasteiger partial charge in [0.2, 0.25) is 0 Å². The second-order valence-electron chi connectivity index (χ2n) is 5.84. The van der Waals surface area contributed by atoms with Crippen LogP contribution in [0.15, 0.2) is 0 Å². The summed E-state index contributed by atoms with van der Waals surface area (Å²) in [6.07, 6.45) is 0. The smallest absolute Gasteiger partial charge is 0.324 e. The zero-order chi connectivity index (χ0) is 14.6. The Morgan fingerprint density at radius 3 is 2.21 bits per heavy atom. The number of hydrazine groups is 1. The molecule has 1 heterocycles. The number of hydrogen-bond donors (Lipinski definition) is 2. The molecule has 1 fully saturated rings. The first kappa shape index (κ1) is 16.1. The van der Waals surface area contributed by atoms with Crippen molar-refractivity contribution in [2.24, 2.45) is 5.92 Å². The SMILES string of the molecule is CC(=O)C(C)CN1CCN(NC(C)(C)C(=O)O)CC1. The van der Waals surface area contributed by atoms with Crippen molar-refractivity contribution in [1.29, 1.82) is 0 Å². The van der Waals surface area contributed by atoms with E-state index in [-0.39, 0.29) is 11.7 Å². The highest BCUT2D eigenvalue weighted by molar-refractivity contribution is 5.78. The molecule has 0 radical (unpaired) electrons. The van der Waals surface area contributed by atoms with Gasteiger partial charge in [0.1, 0.15) is 11.3 Å². The Hall–Kier alpha value is -0.980. The molecular formula is C13H25N3O3. The van der Waals surface area contributed by atoms with Crippen molar-refractivity contribution in [2.75, 3.05) is 32.7 Å². The lowest BCUT2D eigenvalue weighted by molar-refractivity contribution is -0.146. The summed E-state index contributed by atoms with van der Waals surface area (Å²) in [6, 6.07) is 0. The van der Waals surface area contributed by atoms with E-state index in [0.29, 0.717) is 0 Å². The second-order valence-corrected chi connectivity index (χ2v) is 5.84. The molecule has 0 aromatic rings. The Kier molecular flexibility index (Phi) is 5.46. The van der Waals surface area contributed by atoms with Gasteiger partial charge in [-0.15, -0.1) is 0 Å². The summed E-state index contributed by atoms with van der Waals surface area (Å²) in [5.74, 6) is -0.581. The van der Waals surface area contributed by atoms with Crippen LogP contribution in [-0.4, -0.2) is 65.0 Å². The summed E-state index contributed by atoms with van der Waals surface area (Å²) < 4.78 is 0. The number of rotatable bonds is 6. The largest absolute Gasteiger partial charge is 0.480 e. The van der Waals surface area contributed by atoms with Crippen LogP contribution in [0.1, 0.15) is 27.7 Å². The molecule has 1 saturated heterocycles. The molecule has 0 spiro atoms. The highest BCUT2D eigenvalue weighted by Gasteiger charge is 2.30. The molecule has 2 N–H and O–H groups in total. The van der Waals surface area contributed by atoms with Gasteiger partial charge >= 0.3 is 5.97 Å². The van der Waals surface area contributed by atoms with Crippen LogP contribution in [0, 0.1) is 5.92 Å². The predicted molar refractivity (Wildman–Crippen MR) is 72.7 cm³/mol. The number of carboxylic acid groups (broad SMARTS) is 1. The van der Waals surface area contributed by atoms with E-state index in [2.05, 4.69) is 10.3 Å². The van der Waals surface area contributed by atoms with Gasteiger partial charge in [0.25, 0.3) is 0 Å². The van der Waals surface area contributed by atoms with E-state index in [1.54, 1.807) is 20.8 Å². The first-order chi connectivity index (χ1) is 8.72. The lowest BCUT2D eigenvalue weighted by Gasteiger charge is -2.38. The molecule has 0 aliphatic carbocycles. The molecule has 6 heteroatoms. The van der Waals surface area contributed by atoms with E-state index >= 15 is 0 Å². The molecule has 0 saturated carbocycles. The number of nitrogens with one attached hydrogen (secondary N) is 1. The molecule has 1 aliphatic rings. The third-order valence-electron chi connectivity index (χ3n) is 3.57. The number of piperazine rings is 1. The van der Waals surface area contributed by atoms with E-state index in [9.17, 15) is 9.59 Å².